The maximum absolute atomic E-state index is 11.9. The molecule has 0 aliphatic carbocycles. The van der Waals surface area contributed by atoms with Gasteiger partial charge in [-0.25, -0.2) is 13.2 Å². The Morgan fingerprint density at radius 3 is 2.17 bits per heavy atom. The molecule has 0 aliphatic heterocycles. The average Bonchev–Trinajstić information content (AvgIpc) is 2.44. The van der Waals surface area contributed by atoms with Gasteiger partial charge in [0.15, 0.2) is 0 Å². The molecular weight excluding hydrogens is 673 g/mol. The number of carbonyl (C=O) groups is 1. The molecule has 0 N–H and O–H groups in total. The number of hydrogen-bond acceptors (Lipinski definition) is 5. The molecule has 0 saturated heterocycles. The van der Waals surface area contributed by atoms with Crippen molar-refractivity contribution in [2.24, 2.45) is 0 Å². The average molecular weight is 681 g/mol. The summed E-state index contributed by atoms with van der Waals surface area (Å²) in [6, 6.07) is 10.2. The van der Waals surface area contributed by atoms with Crippen molar-refractivity contribution in [3.63, 3.8) is 0 Å². The summed E-state index contributed by atoms with van der Waals surface area (Å²) in [7, 11) is -4.58. The number of benzene rings is 2. The van der Waals surface area contributed by atoms with E-state index in [1.807, 2.05) is 24.3 Å². The van der Waals surface area contributed by atoms with Gasteiger partial charge in [0.05, 0.1) is 4.90 Å². The van der Waals surface area contributed by atoms with E-state index in [4.69, 9.17) is 4.74 Å². The summed E-state index contributed by atoms with van der Waals surface area (Å²) >= 11 is 5.61. The normalized spacial score (nSPS) is 11.7. The molecule has 0 aromatic heterocycles. The van der Waals surface area contributed by atoms with Crippen molar-refractivity contribution in [1.82, 2.24) is 0 Å². The largest absolute Gasteiger partial charge is 0.744 e. The number of carbonyl (C=O) groups excluding carboxylic acids is 1. The van der Waals surface area contributed by atoms with Crippen molar-refractivity contribution in [3.05, 3.63) is 58.7 Å². The van der Waals surface area contributed by atoms with E-state index >= 15 is 0 Å². The first-order chi connectivity index (χ1) is 11.2. The SMILES string of the molecule is O=C(/C=C/c1ccccc1I)Oc1cc(I)c(S(=O)(=O)[O-])c(I)c1. The summed E-state index contributed by atoms with van der Waals surface area (Å²) in [6.07, 6.45) is 2.92. The predicted molar refractivity (Wildman–Crippen MR) is 114 cm³/mol. The van der Waals surface area contributed by atoms with Crippen molar-refractivity contribution < 1.29 is 22.5 Å². The summed E-state index contributed by atoms with van der Waals surface area (Å²) in [6.45, 7) is 0. The van der Waals surface area contributed by atoms with Crippen LogP contribution in [0.15, 0.2) is 47.4 Å². The summed E-state index contributed by atoms with van der Waals surface area (Å²) in [5, 5.41) is 0. The van der Waals surface area contributed by atoms with Gasteiger partial charge in [0, 0.05) is 16.8 Å². The third kappa shape index (κ3) is 5.37. The van der Waals surface area contributed by atoms with Crippen LogP contribution in [0.2, 0.25) is 0 Å². The summed E-state index contributed by atoms with van der Waals surface area (Å²) in [4.78, 5) is 11.6. The quantitative estimate of drug-likeness (QED) is 0.160. The molecule has 0 atom stereocenters. The molecule has 9 heteroatoms. The molecule has 0 aliphatic rings. The van der Waals surface area contributed by atoms with Gasteiger partial charge in [0.2, 0.25) is 0 Å². The zero-order valence-corrected chi connectivity index (χ0v) is 19.0. The van der Waals surface area contributed by atoms with Gasteiger partial charge < -0.3 is 9.29 Å². The molecule has 0 heterocycles. The standard InChI is InChI=1S/C15H9I3O5S/c16-11-4-2-1-3-9(11)5-6-14(19)23-10-7-12(17)15(13(18)8-10)24(20,21)22/h1-8H,(H,20,21,22)/p-1/b6-5+. The first kappa shape index (κ1) is 20.1. The Bertz CT molecular complexity index is 899. The highest BCUT2D eigenvalue weighted by molar-refractivity contribution is 14.1. The second kappa shape index (κ2) is 8.42. The van der Waals surface area contributed by atoms with Crippen molar-refractivity contribution in [3.8, 4) is 5.75 Å². The number of halogens is 3. The van der Waals surface area contributed by atoms with Gasteiger partial charge in [-0.2, -0.15) is 0 Å². The fourth-order valence-corrected chi connectivity index (χ4v) is 6.24. The lowest BCUT2D eigenvalue weighted by Gasteiger charge is -2.13. The Morgan fingerprint density at radius 1 is 1.04 bits per heavy atom. The van der Waals surface area contributed by atoms with Crippen LogP contribution in [-0.2, 0) is 14.9 Å². The van der Waals surface area contributed by atoms with Gasteiger partial charge in [0.1, 0.15) is 15.9 Å². The monoisotopic (exact) mass is 681 g/mol. The number of ether oxygens (including phenoxy) is 1. The van der Waals surface area contributed by atoms with Crippen LogP contribution in [-0.4, -0.2) is 18.9 Å². The van der Waals surface area contributed by atoms with E-state index in [0.29, 0.717) is 0 Å². The minimum atomic E-state index is -4.58. The van der Waals surface area contributed by atoms with Gasteiger partial charge in [0.25, 0.3) is 0 Å². The van der Waals surface area contributed by atoms with Crippen LogP contribution < -0.4 is 4.74 Å². The first-order valence-electron chi connectivity index (χ1n) is 6.28. The zero-order chi connectivity index (χ0) is 17.9. The van der Waals surface area contributed by atoms with Crippen molar-refractivity contribution >= 4 is 89.9 Å². The molecule has 0 spiro atoms. The third-order valence-corrected chi connectivity index (χ3v) is 7.10. The molecule has 0 amide bonds. The minimum absolute atomic E-state index is 0.175. The second-order valence-electron chi connectivity index (χ2n) is 4.45. The maximum Gasteiger partial charge on any atom is 0.336 e. The molecule has 2 aromatic carbocycles. The fraction of sp³-hybridized carbons (Fsp3) is 0. The molecule has 0 unspecified atom stereocenters. The van der Waals surface area contributed by atoms with E-state index in [-0.39, 0.29) is 17.8 Å². The molecule has 0 bridgehead atoms. The summed E-state index contributed by atoms with van der Waals surface area (Å²) in [5.41, 5.74) is 0.881. The van der Waals surface area contributed by atoms with Gasteiger partial charge in [-0.3, -0.25) is 0 Å². The predicted octanol–water partition coefficient (Wildman–Crippen LogP) is 4.02. The lowest BCUT2D eigenvalue weighted by molar-refractivity contribution is -0.128. The maximum atomic E-state index is 11.9. The molecule has 2 aromatic rings. The molecule has 5 nitrogen and oxygen atoms in total. The van der Waals surface area contributed by atoms with Gasteiger partial charge in [-0.05, 0) is 97.6 Å². The highest BCUT2D eigenvalue weighted by Crippen LogP contribution is 2.29. The Labute approximate surface area is 180 Å². The summed E-state index contributed by atoms with van der Waals surface area (Å²) in [5.74, 6) is -0.424. The minimum Gasteiger partial charge on any atom is -0.744 e. The number of hydrogen-bond donors (Lipinski definition) is 0. The molecule has 0 radical (unpaired) electrons. The van der Waals surface area contributed by atoms with Gasteiger partial charge >= 0.3 is 5.97 Å². The highest BCUT2D eigenvalue weighted by Gasteiger charge is 2.15. The third-order valence-electron chi connectivity index (χ3n) is 2.74. The van der Waals surface area contributed by atoms with E-state index in [0.717, 1.165) is 9.13 Å². The second-order valence-corrected chi connectivity index (χ2v) is 9.25. The molecule has 0 saturated carbocycles. The van der Waals surface area contributed by atoms with Crippen LogP contribution >= 0.6 is 67.8 Å². The van der Waals surface area contributed by atoms with Crippen molar-refractivity contribution in [1.29, 1.82) is 0 Å². The van der Waals surface area contributed by atoms with Crippen LogP contribution in [0.1, 0.15) is 5.56 Å². The lowest BCUT2D eigenvalue weighted by atomic mass is 10.2. The Morgan fingerprint density at radius 2 is 1.62 bits per heavy atom. The van der Waals surface area contributed by atoms with Crippen LogP contribution in [0.5, 0.6) is 5.75 Å². The zero-order valence-electron chi connectivity index (χ0n) is 11.7. The van der Waals surface area contributed by atoms with E-state index in [9.17, 15) is 17.8 Å². The van der Waals surface area contributed by atoms with Crippen LogP contribution in [0.25, 0.3) is 6.08 Å². The molecule has 2 rings (SSSR count). The van der Waals surface area contributed by atoms with E-state index < -0.39 is 16.1 Å². The van der Waals surface area contributed by atoms with Crippen molar-refractivity contribution in [2.75, 3.05) is 0 Å². The number of esters is 1. The van der Waals surface area contributed by atoms with Crippen LogP contribution in [0.3, 0.4) is 0 Å². The van der Waals surface area contributed by atoms with Crippen LogP contribution in [0.4, 0.5) is 0 Å². The first-order valence-corrected chi connectivity index (χ1v) is 10.9. The highest BCUT2D eigenvalue weighted by atomic mass is 127. The van der Waals surface area contributed by atoms with Crippen LogP contribution in [0, 0.1) is 10.7 Å². The van der Waals surface area contributed by atoms with E-state index in [1.54, 1.807) is 51.3 Å². The topological polar surface area (TPSA) is 83.5 Å². The fourth-order valence-electron chi connectivity index (χ4n) is 1.75. The molecule has 126 valence electrons. The van der Waals surface area contributed by atoms with E-state index in [1.165, 1.54) is 18.2 Å². The molecular formula is C15H8I3O5S-. The Balaban J connectivity index is 2.20. The Kier molecular flexibility index (Phi) is 7.04. The summed E-state index contributed by atoms with van der Waals surface area (Å²) < 4.78 is 40.2. The smallest absolute Gasteiger partial charge is 0.336 e. The molecule has 24 heavy (non-hydrogen) atoms. The van der Waals surface area contributed by atoms with Gasteiger partial charge in [-0.15, -0.1) is 0 Å². The van der Waals surface area contributed by atoms with Crippen molar-refractivity contribution in [2.45, 2.75) is 4.90 Å². The van der Waals surface area contributed by atoms with E-state index in [2.05, 4.69) is 22.6 Å². The van der Waals surface area contributed by atoms with Gasteiger partial charge in [-0.1, -0.05) is 18.2 Å². The Hall–Kier alpha value is -0.250. The number of rotatable bonds is 4. The lowest BCUT2D eigenvalue weighted by Crippen LogP contribution is -2.08. The molecule has 0 fully saturated rings.